The quantitative estimate of drug-likeness (QED) is 0.137. The Bertz CT molecular complexity index is 481. The van der Waals surface area contributed by atoms with Crippen LogP contribution < -0.4 is 0 Å². The summed E-state index contributed by atoms with van der Waals surface area (Å²) in [6.45, 7) is 3.09. The van der Waals surface area contributed by atoms with Crippen molar-refractivity contribution in [1.29, 1.82) is 0 Å². The van der Waals surface area contributed by atoms with Crippen molar-refractivity contribution in [3.05, 3.63) is 0 Å². The standard InChI is InChI=1S/C20H32Cl2O8/c1-15(19(25)27-13-11-21)29-17(23)9-7-5-3-4-6-8-10-18(24)30-16(2)20(26)28-14-12-22/h15-16H,3-14H2,1-2H3/t15-,16+. The molecule has 0 heterocycles. The molecule has 0 spiro atoms. The summed E-state index contributed by atoms with van der Waals surface area (Å²) in [5.74, 6) is -1.71. The Hall–Kier alpha value is -1.54. The molecule has 0 unspecified atom stereocenters. The van der Waals surface area contributed by atoms with E-state index in [2.05, 4.69) is 0 Å². The largest absolute Gasteiger partial charge is 0.462 e. The maximum Gasteiger partial charge on any atom is 0.347 e. The van der Waals surface area contributed by atoms with Crippen molar-refractivity contribution in [3.8, 4) is 0 Å². The number of alkyl halides is 2. The summed E-state index contributed by atoms with van der Waals surface area (Å²) < 4.78 is 19.6. The van der Waals surface area contributed by atoms with Crippen molar-refractivity contribution in [2.75, 3.05) is 25.0 Å². The molecule has 10 heteroatoms. The van der Waals surface area contributed by atoms with Crippen LogP contribution in [0.1, 0.15) is 65.2 Å². The fourth-order valence-corrected chi connectivity index (χ4v) is 2.52. The summed E-state index contributed by atoms with van der Waals surface area (Å²) in [5.41, 5.74) is 0. The van der Waals surface area contributed by atoms with Crippen molar-refractivity contribution in [3.63, 3.8) is 0 Å². The van der Waals surface area contributed by atoms with Gasteiger partial charge in [0, 0.05) is 12.8 Å². The third-order valence-electron chi connectivity index (χ3n) is 3.94. The molecule has 0 aromatic rings. The molecule has 0 bridgehead atoms. The number of hydrogen-bond donors (Lipinski definition) is 0. The molecular formula is C20H32Cl2O8. The van der Waals surface area contributed by atoms with Crippen molar-refractivity contribution in [1.82, 2.24) is 0 Å². The van der Waals surface area contributed by atoms with Gasteiger partial charge in [-0.15, -0.1) is 23.2 Å². The highest BCUT2D eigenvalue weighted by atomic mass is 35.5. The Morgan fingerprint density at radius 1 is 0.633 bits per heavy atom. The minimum atomic E-state index is -0.939. The lowest BCUT2D eigenvalue weighted by atomic mass is 10.1. The molecule has 0 aromatic carbocycles. The average Bonchev–Trinajstić information content (AvgIpc) is 2.71. The molecule has 0 N–H and O–H groups in total. The van der Waals surface area contributed by atoms with Crippen LogP contribution in [-0.4, -0.2) is 61.1 Å². The molecule has 0 aliphatic rings. The molecule has 8 nitrogen and oxygen atoms in total. The van der Waals surface area contributed by atoms with Gasteiger partial charge in [0.05, 0.1) is 11.8 Å². The average molecular weight is 471 g/mol. The van der Waals surface area contributed by atoms with Crippen LogP contribution in [0.2, 0.25) is 0 Å². The van der Waals surface area contributed by atoms with Gasteiger partial charge in [0.1, 0.15) is 13.2 Å². The number of carbonyl (C=O) groups excluding carboxylic acids is 4. The molecular weight excluding hydrogens is 439 g/mol. The van der Waals surface area contributed by atoms with E-state index in [0.29, 0.717) is 12.8 Å². The van der Waals surface area contributed by atoms with E-state index >= 15 is 0 Å². The number of hydrogen-bond acceptors (Lipinski definition) is 8. The van der Waals surface area contributed by atoms with Gasteiger partial charge in [0.15, 0.2) is 12.2 Å². The van der Waals surface area contributed by atoms with Crippen LogP contribution in [-0.2, 0) is 38.1 Å². The van der Waals surface area contributed by atoms with Gasteiger partial charge in [-0.25, -0.2) is 9.59 Å². The monoisotopic (exact) mass is 470 g/mol. The van der Waals surface area contributed by atoms with Crippen molar-refractivity contribution < 1.29 is 38.1 Å². The van der Waals surface area contributed by atoms with E-state index in [9.17, 15) is 19.2 Å². The van der Waals surface area contributed by atoms with Gasteiger partial charge in [-0.1, -0.05) is 25.7 Å². The van der Waals surface area contributed by atoms with Gasteiger partial charge in [0.25, 0.3) is 0 Å². The Balaban J connectivity index is 3.67. The Kier molecular flexibility index (Phi) is 17.3. The van der Waals surface area contributed by atoms with Crippen molar-refractivity contribution in [2.45, 2.75) is 77.4 Å². The molecule has 0 aliphatic heterocycles. The van der Waals surface area contributed by atoms with E-state index in [-0.39, 0.29) is 37.8 Å². The summed E-state index contributed by atoms with van der Waals surface area (Å²) in [6, 6.07) is 0. The number of esters is 4. The molecule has 0 aromatic heterocycles. The predicted octanol–water partition coefficient (Wildman–Crippen LogP) is 3.53. The Morgan fingerprint density at radius 2 is 0.967 bits per heavy atom. The third-order valence-corrected chi connectivity index (χ3v) is 4.24. The highest BCUT2D eigenvalue weighted by Crippen LogP contribution is 2.11. The number of carbonyl (C=O) groups is 4. The molecule has 0 aliphatic carbocycles. The summed E-state index contributed by atoms with van der Waals surface area (Å²) >= 11 is 10.8. The van der Waals surface area contributed by atoms with Crippen LogP contribution in [0.15, 0.2) is 0 Å². The minimum absolute atomic E-state index is 0.0835. The van der Waals surface area contributed by atoms with Gasteiger partial charge in [-0.2, -0.15) is 0 Å². The highest BCUT2D eigenvalue weighted by Gasteiger charge is 2.19. The molecule has 174 valence electrons. The summed E-state index contributed by atoms with van der Waals surface area (Å²) in [7, 11) is 0. The van der Waals surface area contributed by atoms with Crippen LogP contribution in [0.25, 0.3) is 0 Å². The molecule has 2 atom stereocenters. The van der Waals surface area contributed by atoms with E-state index in [1.165, 1.54) is 13.8 Å². The van der Waals surface area contributed by atoms with Gasteiger partial charge in [0.2, 0.25) is 0 Å². The molecule has 30 heavy (non-hydrogen) atoms. The first-order chi connectivity index (χ1) is 14.3. The van der Waals surface area contributed by atoms with Gasteiger partial charge >= 0.3 is 23.9 Å². The maximum atomic E-state index is 11.7. The van der Waals surface area contributed by atoms with Crippen LogP contribution in [0.4, 0.5) is 0 Å². The fourth-order valence-electron chi connectivity index (χ4n) is 2.37. The molecule has 0 saturated carbocycles. The van der Waals surface area contributed by atoms with E-state index < -0.39 is 36.1 Å². The van der Waals surface area contributed by atoms with Gasteiger partial charge in [-0.05, 0) is 26.7 Å². The third kappa shape index (κ3) is 15.3. The second-order valence-corrected chi connectivity index (χ2v) is 7.35. The van der Waals surface area contributed by atoms with Crippen LogP contribution in [0.3, 0.4) is 0 Å². The highest BCUT2D eigenvalue weighted by molar-refractivity contribution is 6.18. The summed E-state index contributed by atoms with van der Waals surface area (Å²) in [4.78, 5) is 46.3. The number of halogens is 2. The first-order valence-electron chi connectivity index (χ1n) is 10.2. The zero-order valence-electron chi connectivity index (χ0n) is 17.7. The smallest absolute Gasteiger partial charge is 0.347 e. The number of ether oxygens (including phenoxy) is 4. The molecule has 0 saturated heterocycles. The van der Waals surface area contributed by atoms with E-state index in [4.69, 9.17) is 42.1 Å². The maximum absolute atomic E-state index is 11.7. The number of rotatable bonds is 17. The lowest BCUT2D eigenvalue weighted by molar-refractivity contribution is -0.166. The van der Waals surface area contributed by atoms with Crippen molar-refractivity contribution >= 4 is 47.1 Å². The predicted molar refractivity (Wildman–Crippen MR) is 111 cm³/mol. The first kappa shape index (κ1) is 28.5. The topological polar surface area (TPSA) is 105 Å². The first-order valence-corrected chi connectivity index (χ1v) is 11.2. The molecule has 0 amide bonds. The second-order valence-electron chi connectivity index (χ2n) is 6.60. The number of unbranched alkanes of at least 4 members (excludes halogenated alkanes) is 5. The molecule has 0 fully saturated rings. The molecule has 0 rings (SSSR count). The van der Waals surface area contributed by atoms with Crippen molar-refractivity contribution in [2.24, 2.45) is 0 Å². The van der Waals surface area contributed by atoms with E-state index in [1.807, 2.05) is 0 Å². The zero-order valence-corrected chi connectivity index (χ0v) is 19.2. The zero-order chi connectivity index (χ0) is 22.8. The van der Waals surface area contributed by atoms with Gasteiger partial charge in [-0.3, -0.25) is 9.59 Å². The Labute approximate surface area is 187 Å². The second kappa shape index (κ2) is 18.2. The van der Waals surface area contributed by atoms with Gasteiger partial charge < -0.3 is 18.9 Å². The Morgan fingerprint density at radius 3 is 1.30 bits per heavy atom. The fraction of sp³-hybridized carbons (Fsp3) is 0.800. The summed E-state index contributed by atoms with van der Waals surface area (Å²) in [5, 5.41) is 0. The lowest BCUT2D eigenvalue weighted by Crippen LogP contribution is -2.26. The van der Waals surface area contributed by atoms with E-state index in [1.54, 1.807) is 0 Å². The lowest BCUT2D eigenvalue weighted by Gasteiger charge is -2.12. The minimum Gasteiger partial charge on any atom is -0.462 e. The van der Waals surface area contributed by atoms with Crippen LogP contribution in [0.5, 0.6) is 0 Å². The van der Waals surface area contributed by atoms with Crippen LogP contribution >= 0.6 is 23.2 Å². The SMILES string of the molecule is C[C@H](OC(=O)CCCCCCCCC(=O)O[C@H](C)C(=O)OCCCl)C(=O)OCCCl. The van der Waals surface area contributed by atoms with E-state index in [0.717, 1.165) is 25.7 Å². The summed E-state index contributed by atoms with van der Waals surface area (Å²) in [6.07, 6.45) is 3.42. The molecule has 0 radical (unpaired) electrons. The normalized spacial score (nSPS) is 12.5. The van der Waals surface area contributed by atoms with Crippen LogP contribution in [0, 0.1) is 0 Å².